The Morgan fingerprint density at radius 1 is 1.47 bits per heavy atom. The van der Waals surface area contributed by atoms with Crippen LogP contribution in [0.2, 0.25) is 0 Å². The van der Waals surface area contributed by atoms with E-state index >= 15 is 0 Å². The fourth-order valence-electron chi connectivity index (χ4n) is 1.43. The van der Waals surface area contributed by atoms with Crippen molar-refractivity contribution in [2.75, 3.05) is 6.54 Å². The zero-order valence-corrected chi connectivity index (χ0v) is 12.5. The third-order valence-electron chi connectivity index (χ3n) is 2.89. The minimum Gasteiger partial charge on any atom is -0.388 e. The van der Waals surface area contributed by atoms with Gasteiger partial charge in [-0.15, -0.1) is 11.3 Å². The molecule has 1 heterocycles. The highest BCUT2D eigenvalue weighted by atomic mass is 79.9. The summed E-state index contributed by atoms with van der Waals surface area (Å²) in [4.78, 5) is 12.7. The maximum Gasteiger partial charge on any atom is 0.225 e. The Morgan fingerprint density at radius 3 is 2.59 bits per heavy atom. The number of hydrogen-bond donors (Lipinski definition) is 2. The molecule has 5 heteroatoms. The lowest BCUT2D eigenvalue weighted by Crippen LogP contribution is -2.42. The van der Waals surface area contributed by atoms with Crippen LogP contribution in [0.4, 0.5) is 0 Å². The number of aliphatic hydroxyl groups is 1. The Labute approximate surface area is 114 Å². The molecule has 1 aromatic heterocycles. The molecule has 0 saturated heterocycles. The highest BCUT2D eigenvalue weighted by Gasteiger charge is 2.22. The second-order valence-corrected chi connectivity index (χ2v) is 6.64. The van der Waals surface area contributed by atoms with E-state index in [1.54, 1.807) is 11.3 Å². The summed E-state index contributed by atoms with van der Waals surface area (Å²) in [6.45, 7) is 4.17. The number of thiophene rings is 1. The number of halogens is 1. The molecule has 17 heavy (non-hydrogen) atoms. The average molecular weight is 320 g/mol. The fraction of sp³-hybridized carbons (Fsp3) is 0.583. The van der Waals surface area contributed by atoms with E-state index in [0.717, 1.165) is 8.66 Å². The van der Waals surface area contributed by atoms with Gasteiger partial charge in [0.1, 0.15) is 0 Å². The van der Waals surface area contributed by atoms with E-state index in [1.807, 2.05) is 26.0 Å². The first-order valence-corrected chi connectivity index (χ1v) is 7.33. The van der Waals surface area contributed by atoms with Crippen LogP contribution in [0.1, 0.15) is 31.6 Å². The van der Waals surface area contributed by atoms with Crippen molar-refractivity contribution in [2.24, 2.45) is 0 Å². The van der Waals surface area contributed by atoms with Gasteiger partial charge in [0.2, 0.25) is 5.91 Å². The quantitative estimate of drug-likeness (QED) is 0.847. The molecular weight excluding hydrogens is 302 g/mol. The number of rotatable bonds is 6. The maximum absolute atomic E-state index is 11.7. The zero-order chi connectivity index (χ0) is 12.9. The monoisotopic (exact) mass is 319 g/mol. The topological polar surface area (TPSA) is 49.3 Å². The predicted molar refractivity (Wildman–Crippen MR) is 74.3 cm³/mol. The number of nitrogens with one attached hydrogen (secondary N) is 1. The van der Waals surface area contributed by atoms with Crippen molar-refractivity contribution in [1.82, 2.24) is 5.32 Å². The van der Waals surface area contributed by atoms with Crippen molar-refractivity contribution in [2.45, 2.75) is 38.7 Å². The van der Waals surface area contributed by atoms with E-state index in [2.05, 4.69) is 21.2 Å². The van der Waals surface area contributed by atoms with Crippen LogP contribution in [0.15, 0.2) is 15.9 Å². The summed E-state index contributed by atoms with van der Waals surface area (Å²) in [6.07, 6.45) is 1.67. The molecule has 0 aliphatic rings. The zero-order valence-electron chi connectivity index (χ0n) is 10.1. The molecule has 0 unspecified atom stereocenters. The first kappa shape index (κ1) is 14.7. The predicted octanol–water partition coefficient (Wildman–Crippen LogP) is 2.72. The van der Waals surface area contributed by atoms with E-state index in [-0.39, 0.29) is 5.91 Å². The van der Waals surface area contributed by atoms with Crippen molar-refractivity contribution >= 4 is 33.2 Å². The minimum atomic E-state index is -0.772. The SMILES string of the molecule is CCC(O)(CC)CNC(=O)Cc1ccc(Br)s1. The standard InChI is InChI=1S/C12H18BrNO2S/c1-3-12(16,4-2)8-14-11(15)7-9-5-6-10(13)17-9/h5-6,16H,3-4,7-8H2,1-2H3,(H,14,15). The highest BCUT2D eigenvalue weighted by molar-refractivity contribution is 9.11. The third-order valence-corrected chi connectivity index (χ3v) is 4.52. The molecule has 0 aromatic carbocycles. The van der Waals surface area contributed by atoms with Crippen LogP contribution in [0, 0.1) is 0 Å². The van der Waals surface area contributed by atoms with Gasteiger partial charge >= 0.3 is 0 Å². The minimum absolute atomic E-state index is 0.0420. The van der Waals surface area contributed by atoms with Crippen molar-refractivity contribution in [3.05, 3.63) is 20.8 Å². The van der Waals surface area contributed by atoms with Gasteiger partial charge in [0.05, 0.1) is 15.8 Å². The number of carbonyl (C=O) groups is 1. The molecule has 0 fully saturated rings. The number of amides is 1. The normalized spacial score (nSPS) is 11.5. The van der Waals surface area contributed by atoms with Gasteiger partial charge in [0, 0.05) is 11.4 Å². The van der Waals surface area contributed by atoms with Crippen molar-refractivity contribution in [1.29, 1.82) is 0 Å². The number of hydrogen-bond acceptors (Lipinski definition) is 3. The molecule has 2 N–H and O–H groups in total. The van der Waals surface area contributed by atoms with Gasteiger partial charge in [0.25, 0.3) is 0 Å². The first-order chi connectivity index (χ1) is 7.99. The molecule has 0 atom stereocenters. The lowest BCUT2D eigenvalue weighted by molar-refractivity contribution is -0.121. The molecule has 0 bridgehead atoms. The van der Waals surface area contributed by atoms with Crippen LogP contribution >= 0.6 is 27.3 Å². The summed E-state index contributed by atoms with van der Waals surface area (Å²) in [5.41, 5.74) is -0.772. The Hall–Kier alpha value is -0.390. The summed E-state index contributed by atoms with van der Waals surface area (Å²) in [5.74, 6) is -0.0420. The first-order valence-electron chi connectivity index (χ1n) is 5.72. The summed E-state index contributed by atoms with van der Waals surface area (Å²) in [5, 5.41) is 12.8. The highest BCUT2D eigenvalue weighted by Crippen LogP contribution is 2.22. The van der Waals surface area contributed by atoms with Crippen molar-refractivity contribution < 1.29 is 9.90 Å². The van der Waals surface area contributed by atoms with Gasteiger partial charge in [-0.2, -0.15) is 0 Å². The largest absolute Gasteiger partial charge is 0.388 e. The molecule has 0 saturated carbocycles. The smallest absolute Gasteiger partial charge is 0.225 e. The van der Waals surface area contributed by atoms with Crippen LogP contribution < -0.4 is 5.32 Å². The van der Waals surface area contributed by atoms with E-state index in [1.165, 1.54) is 0 Å². The molecule has 0 aliphatic carbocycles. The lowest BCUT2D eigenvalue weighted by Gasteiger charge is -2.25. The molecule has 1 amide bonds. The molecule has 0 aliphatic heterocycles. The Kier molecular flexibility index (Phi) is 5.62. The molecule has 1 aromatic rings. The summed E-state index contributed by atoms with van der Waals surface area (Å²) in [7, 11) is 0. The van der Waals surface area contributed by atoms with Crippen LogP contribution in [0.25, 0.3) is 0 Å². The summed E-state index contributed by atoms with van der Waals surface area (Å²) < 4.78 is 1.03. The van der Waals surface area contributed by atoms with E-state index < -0.39 is 5.60 Å². The van der Waals surface area contributed by atoms with Gasteiger partial charge < -0.3 is 10.4 Å². The van der Waals surface area contributed by atoms with Gasteiger partial charge in [-0.25, -0.2) is 0 Å². The molecule has 0 radical (unpaired) electrons. The second kappa shape index (κ2) is 6.52. The summed E-state index contributed by atoms with van der Waals surface area (Å²) >= 11 is 4.92. The van der Waals surface area contributed by atoms with E-state index in [9.17, 15) is 9.90 Å². The lowest BCUT2D eigenvalue weighted by atomic mass is 9.97. The van der Waals surface area contributed by atoms with Crippen LogP contribution in [0.3, 0.4) is 0 Å². The van der Waals surface area contributed by atoms with Crippen LogP contribution in [-0.2, 0) is 11.2 Å². The van der Waals surface area contributed by atoms with Gasteiger partial charge in [-0.05, 0) is 40.9 Å². The van der Waals surface area contributed by atoms with Crippen molar-refractivity contribution in [3.8, 4) is 0 Å². The van der Waals surface area contributed by atoms with Crippen LogP contribution in [-0.4, -0.2) is 23.2 Å². The Morgan fingerprint density at radius 2 is 2.12 bits per heavy atom. The molecule has 1 rings (SSSR count). The fourth-order valence-corrected chi connectivity index (χ4v) is 2.91. The van der Waals surface area contributed by atoms with Gasteiger partial charge in [-0.1, -0.05) is 13.8 Å². The summed E-state index contributed by atoms with van der Waals surface area (Å²) in [6, 6.07) is 3.86. The van der Waals surface area contributed by atoms with E-state index in [0.29, 0.717) is 25.8 Å². The molecule has 3 nitrogen and oxygen atoms in total. The third kappa shape index (κ3) is 4.77. The van der Waals surface area contributed by atoms with Gasteiger partial charge in [-0.3, -0.25) is 4.79 Å². The van der Waals surface area contributed by atoms with Crippen molar-refractivity contribution in [3.63, 3.8) is 0 Å². The van der Waals surface area contributed by atoms with E-state index in [4.69, 9.17) is 0 Å². The van der Waals surface area contributed by atoms with Gasteiger partial charge in [0.15, 0.2) is 0 Å². The molecular formula is C12H18BrNO2S. The average Bonchev–Trinajstić information content (AvgIpc) is 2.72. The Bertz CT molecular complexity index is 374. The second-order valence-electron chi connectivity index (χ2n) is 4.09. The van der Waals surface area contributed by atoms with Crippen LogP contribution in [0.5, 0.6) is 0 Å². The maximum atomic E-state index is 11.7. The Balaban J connectivity index is 2.40. The molecule has 0 spiro atoms. The number of carbonyl (C=O) groups excluding carboxylic acids is 1. The molecule has 96 valence electrons.